The SMILES string of the molecule is CC(N)c1ccccc1NS(=O)(=O)CC1CC1. The Bertz CT molecular complexity index is 493. The van der Waals surface area contributed by atoms with E-state index in [1.807, 2.05) is 19.1 Å². The smallest absolute Gasteiger partial charge is 0.233 e. The summed E-state index contributed by atoms with van der Waals surface area (Å²) in [5.41, 5.74) is 7.24. The van der Waals surface area contributed by atoms with Gasteiger partial charge in [-0.05, 0) is 37.3 Å². The summed E-state index contributed by atoms with van der Waals surface area (Å²) < 4.78 is 26.4. The molecule has 0 bridgehead atoms. The van der Waals surface area contributed by atoms with Crippen LogP contribution in [0.1, 0.15) is 31.4 Å². The fraction of sp³-hybridized carbons (Fsp3) is 0.500. The molecule has 0 radical (unpaired) electrons. The second-order valence-corrected chi connectivity index (χ2v) is 6.47. The van der Waals surface area contributed by atoms with Gasteiger partial charge in [0.2, 0.25) is 10.0 Å². The molecule has 5 heteroatoms. The number of sulfonamides is 1. The number of nitrogens with one attached hydrogen (secondary N) is 1. The molecule has 0 heterocycles. The lowest BCUT2D eigenvalue weighted by Gasteiger charge is -2.14. The molecular weight excluding hydrogens is 236 g/mol. The van der Waals surface area contributed by atoms with Crippen LogP contribution in [-0.4, -0.2) is 14.2 Å². The van der Waals surface area contributed by atoms with Gasteiger partial charge >= 0.3 is 0 Å². The van der Waals surface area contributed by atoms with Crippen molar-refractivity contribution in [2.24, 2.45) is 11.7 Å². The quantitative estimate of drug-likeness (QED) is 0.842. The predicted molar refractivity (Wildman–Crippen MR) is 69.2 cm³/mol. The van der Waals surface area contributed by atoms with E-state index in [4.69, 9.17) is 5.73 Å². The fourth-order valence-electron chi connectivity index (χ4n) is 1.79. The van der Waals surface area contributed by atoms with Crippen LogP contribution in [0.15, 0.2) is 24.3 Å². The standard InChI is InChI=1S/C12H18N2O2S/c1-9(13)11-4-2-3-5-12(11)14-17(15,16)8-10-6-7-10/h2-5,9-10,14H,6-8,13H2,1H3. The molecule has 1 saturated carbocycles. The summed E-state index contributed by atoms with van der Waals surface area (Å²) in [5, 5.41) is 0. The van der Waals surface area contributed by atoms with Crippen molar-refractivity contribution in [3.63, 3.8) is 0 Å². The van der Waals surface area contributed by atoms with E-state index in [-0.39, 0.29) is 11.8 Å². The maximum atomic E-state index is 11.9. The van der Waals surface area contributed by atoms with Crippen LogP contribution >= 0.6 is 0 Å². The highest BCUT2D eigenvalue weighted by molar-refractivity contribution is 7.92. The number of hydrogen-bond acceptors (Lipinski definition) is 3. The van der Waals surface area contributed by atoms with Gasteiger partial charge in [-0.1, -0.05) is 18.2 Å². The minimum Gasteiger partial charge on any atom is -0.324 e. The normalized spacial score (nSPS) is 17.8. The van der Waals surface area contributed by atoms with E-state index in [9.17, 15) is 8.42 Å². The average molecular weight is 254 g/mol. The summed E-state index contributed by atoms with van der Waals surface area (Å²) in [6.45, 7) is 1.84. The van der Waals surface area contributed by atoms with Gasteiger partial charge in [-0.3, -0.25) is 4.72 Å². The number of nitrogens with two attached hydrogens (primary N) is 1. The van der Waals surface area contributed by atoms with Crippen LogP contribution in [-0.2, 0) is 10.0 Å². The first-order valence-electron chi connectivity index (χ1n) is 5.83. The van der Waals surface area contributed by atoms with Crippen LogP contribution in [0.3, 0.4) is 0 Å². The molecule has 17 heavy (non-hydrogen) atoms. The van der Waals surface area contributed by atoms with Gasteiger partial charge < -0.3 is 5.73 Å². The van der Waals surface area contributed by atoms with Crippen molar-refractivity contribution in [3.8, 4) is 0 Å². The van der Waals surface area contributed by atoms with Gasteiger partial charge in [0.1, 0.15) is 0 Å². The highest BCUT2D eigenvalue weighted by atomic mass is 32.2. The minimum absolute atomic E-state index is 0.185. The van der Waals surface area contributed by atoms with E-state index in [1.54, 1.807) is 12.1 Å². The van der Waals surface area contributed by atoms with E-state index >= 15 is 0 Å². The summed E-state index contributed by atoms with van der Waals surface area (Å²) >= 11 is 0. The van der Waals surface area contributed by atoms with E-state index in [0.29, 0.717) is 11.6 Å². The van der Waals surface area contributed by atoms with Crippen molar-refractivity contribution in [1.29, 1.82) is 0 Å². The van der Waals surface area contributed by atoms with E-state index < -0.39 is 10.0 Å². The Kier molecular flexibility index (Phi) is 3.40. The molecule has 1 fully saturated rings. The van der Waals surface area contributed by atoms with Gasteiger partial charge in [0, 0.05) is 6.04 Å². The number of anilines is 1. The first-order valence-corrected chi connectivity index (χ1v) is 7.48. The van der Waals surface area contributed by atoms with Crippen molar-refractivity contribution in [2.75, 3.05) is 10.5 Å². The number of benzene rings is 1. The summed E-state index contributed by atoms with van der Waals surface area (Å²) in [7, 11) is -3.23. The second kappa shape index (κ2) is 4.66. The molecule has 4 nitrogen and oxygen atoms in total. The highest BCUT2D eigenvalue weighted by Crippen LogP contribution is 2.31. The first-order chi connectivity index (χ1) is 7.98. The molecule has 2 rings (SSSR count). The van der Waals surface area contributed by atoms with Gasteiger partial charge in [0.05, 0.1) is 11.4 Å². The summed E-state index contributed by atoms with van der Waals surface area (Å²) in [6, 6.07) is 7.08. The van der Waals surface area contributed by atoms with Crippen molar-refractivity contribution < 1.29 is 8.42 Å². The Morgan fingerprint density at radius 3 is 2.65 bits per heavy atom. The Labute approximate surface area is 102 Å². The van der Waals surface area contributed by atoms with E-state index in [1.165, 1.54) is 0 Å². The van der Waals surface area contributed by atoms with Crippen LogP contribution in [0.5, 0.6) is 0 Å². The Hall–Kier alpha value is -1.07. The molecule has 1 unspecified atom stereocenters. The molecular formula is C12H18N2O2S. The van der Waals surface area contributed by atoms with Crippen LogP contribution in [0.25, 0.3) is 0 Å². The Morgan fingerprint density at radius 2 is 2.06 bits per heavy atom. The van der Waals surface area contributed by atoms with Crippen LogP contribution < -0.4 is 10.5 Å². The van der Waals surface area contributed by atoms with Crippen LogP contribution in [0, 0.1) is 5.92 Å². The molecule has 0 saturated heterocycles. The Morgan fingerprint density at radius 1 is 1.41 bits per heavy atom. The summed E-state index contributed by atoms with van der Waals surface area (Å²) in [4.78, 5) is 0. The molecule has 1 aliphatic rings. The molecule has 0 aliphatic heterocycles. The lowest BCUT2D eigenvalue weighted by molar-refractivity contribution is 0.597. The van der Waals surface area contributed by atoms with Gasteiger partial charge in [0.15, 0.2) is 0 Å². The molecule has 1 aromatic rings. The molecule has 1 atom stereocenters. The average Bonchev–Trinajstić information content (AvgIpc) is 3.00. The van der Waals surface area contributed by atoms with Gasteiger partial charge in [-0.2, -0.15) is 0 Å². The van der Waals surface area contributed by atoms with Crippen molar-refractivity contribution in [1.82, 2.24) is 0 Å². The first kappa shape index (κ1) is 12.4. The molecule has 1 aromatic carbocycles. The largest absolute Gasteiger partial charge is 0.324 e. The van der Waals surface area contributed by atoms with Crippen molar-refractivity contribution in [2.45, 2.75) is 25.8 Å². The third kappa shape index (κ3) is 3.44. The van der Waals surface area contributed by atoms with Gasteiger partial charge in [-0.25, -0.2) is 8.42 Å². The minimum atomic E-state index is -3.23. The zero-order chi connectivity index (χ0) is 12.5. The number of para-hydroxylation sites is 1. The highest BCUT2D eigenvalue weighted by Gasteiger charge is 2.28. The van der Waals surface area contributed by atoms with Crippen LogP contribution in [0.2, 0.25) is 0 Å². The molecule has 94 valence electrons. The summed E-state index contributed by atoms with van der Waals surface area (Å²) in [5.74, 6) is 0.565. The molecule has 0 aromatic heterocycles. The monoisotopic (exact) mass is 254 g/mol. The zero-order valence-electron chi connectivity index (χ0n) is 9.89. The maximum absolute atomic E-state index is 11.9. The Balaban J connectivity index is 2.17. The summed E-state index contributed by atoms with van der Waals surface area (Å²) in [6.07, 6.45) is 2.05. The van der Waals surface area contributed by atoms with E-state index in [0.717, 1.165) is 18.4 Å². The van der Waals surface area contributed by atoms with Crippen molar-refractivity contribution >= 4 is 15.7 Å². The maximum Gasteiger partial charge on any atom is 0.233 e. The molecule has 3 N–H and O–H groups in total. The van der Waals surface area contributed by atoms with Crippen LogP contribution in [0.4, 0.5) is 5.69 Å². The third-order valence-electron chi connectivity index (χ3n) is 2.87. The second-order valence-electron chi connectivity index (χ2n) is 4.70. The lowest BCUT2D eigenvalue weighted by Crippen LogP contribution is -2.20. The molecule has 1 aliphatic carbocycles. The zero-order valence-corrected chi connectivity index (χ0v) is 10.7. The van der Waals surface area contributed by atoms with E-state index in [2.05, 4.69) is 4.72 Å². The van der Waals surface area contributed by atoms with Crippen molar-refractivity contribution in [3.05, 3.63) is 29.8 Å². The number of rotatable bonds is 5. The topological polar surface area (TPSA) is 72.2 Å². The predicted octanol–water partition coefficient (Wildman–Crippen LogP) is 1.86. The van der Waals surface area contributed by atoms with Gasteiger partial charge in [0.25, 0.3) is 0 Å². The lowest BCUT2D eigenvalue weighted by atomic mass is 10.1. The molecule has 0 spiro atoms. The molecule has 0 amide bonds. The number of hydrogen-bond donors (Lipinski definition) is 2. The van der Waals surface area contributed by atoms with Gasteiger partial charge in [-0.15, -0.1) is 0 Å². The third-order valence-corrected chi connectivity index (χ3v) is 4.31. The fourth-order valence-corrected chi connectivity index (χ4v) is 3.35.